The Morgan fingerprint density at radius 1 is 1.07 bits per heavy atom. The molecule has 1 amide bonds. The Kier molecular flexibility index (Phi) is 7.04. The van der Waals surface area contributed by atoms with Crippen LogP contribution in [0.1, 0.15) is 23.2 Å². The van der Waals surface area contributed by atoms with E-state index in [1.54, 1.807) is 23.2 Å². The molecule has 4 aromatic rings. The monoisotopic (exact) mass is 543 g/mol. The molecule has 0 spiro atoms. The summed E-state index contributed by atoms with van der Waals surface area (Å²) >= 11 is 0. The third kappa shape index (κ3) is 4.95. The van der Waals surface area contributed by atoms with Gasteiger partial charge in [0, 0.05) is 51.0 Å². The van der Waals surface area contributed by atoms with E-state index < -0.39 is 5.82 Å². The number of rotatable bonds is 6. The highest BCUT2D eigenvalue weighted by Gasteiger charge is 2.25. The number of methoxy groups -OCH3 is 1. The van der Waals surface area contributed by atoms with Gasteiger partial charge in [-0.05, 0) is 49.2 Å². The maximum atomic E-state index is 15.6. The van der Waals surface area contributed by atoms with Crippen LogP contribution in [0.3, 0.4) is 0 Å². The number of likely N-dealkylation sites (tertiary alicyclic amines) is 1. The first-order valence-corrected chi connectivity index (χ1v) is 13.4. The van der Waals surface area contributed by atoms with E-state index >= 15 is 4.39 Å². The van der Waals surface area contributed by atoms with Crippen LogP contribution in [0, 0.1) is 5.82 Å². The molecule has 0 aliphatic carbocycles. The number of nitrogens with one attached hydrogen (secondary N) is 3. The Morgan fingerprint density at radius 2 is 1.88 bits per heavy atom. The zero-order valence-electron chi connectivity index (χ0n) is 22.2. The minimum Gasteiger partial charge on any atom is -0.496 e. The molecule has 6 rings (SSSR count). The number of ether oxygens (including phenoxy) is 1. The number of halogens is 1. The van der Waals surface area contributed by atoms with Gasteiger partial charge in [-0.3, -0.25) is 9.59 Å². The van der Waals surface area contributed by atoms with Crippen LogP contribution in [-0.4, -0.2) is 72.1 Å². The summed E-state index contributed by atoms with van der Waals surface area (Å²) in [5.74, 6) is -0.0639. The van der Waals surface area contributed by atoms with Crippen molar-refractivity contribution in [1.29, 1.82) is 0 Å². The number of amides is 1. The standard InChI is InChI=1S/C29H30FN7O3/c1-40-25-15-19(21(30)14-20(25)29(39)37-10-2-3-11-37)23-16-24(27-22(34-23)6-7-32-28(27)38)35-26-5-4-18(17-33-26)36-12-8-31-9-13-36/h4-7,14-17,31H,2-3,8-13H2,1H3,(H,32,38)(H,33,34,35). The van der Waals surface area contributed by atoms with E-state index in [1.165, 1.54) is 25.4 Å². The van der Waals surface area contributed by atoms with Crippen molar-refractivity contribution in [2.45, 2.75) is 12.8 Å². The minimum atomic E-state index is -0.607. The molecule has 206 valence electrons. The summed E-state index contributed by atoms with van der Waals surface area (Å²) in [6, 6.07) is 9.81. The van der Waals surface area contributed by atoms with Gasteiger partial charge in [-0.1, -0.05) is 0 Å². The van der Waals surface area contributed by atoms with Crippen LogP contribution in [0.25, 0.3) is 22.2 Å². The molecule has 0 unspecified atom stereocenters. The van der Waals surface area contributed by atoms with Crippen molar-refractivity contribution >= 4 is 34.0 Å². The van der Waals surface area contributed by atoms with Crippen molar-refractivity contribution in [3.63, 3.8) is 0 Å². The quantitative estimate of drug-likeness (QED) is 0.339. The van der Waals surface area contributed by atoms with Gasteiger partial charge in [-0.25, -0.2) is 14.4 Å². The SMILES string of the molecule is COc1cc(-c2cc(Nc3ccc(N4CCNCC4)cn3)c3c(=O)[nH]ccc3n2)c(F)cc1C(=O)N1CCCC1. The summed E-state index contributed by atoms with van der Waals surface area (Å²) in [5.41, 5.74) is 2.12. The summed E-state index contributed by atoms with van der Waals surface area (Å²) < 4.78 is 21.1. The molecule has 0 radical (unpaired) electrons. The lowest BCUT2D eigenvalue weighted by molar-refractivity contribution is 0.0789. The summed E-state index contributed by atoms with van der Waals surface area (Å²) in [5, 5.41) is 6.89. The van der Waals surface area contributed by atoms with Gasteiger partial charge in [-0.15, -0.1) is 0 Å². The van der Waals surface area contributed by atoms with Crippen LogP contribution in [0.15, 0.2) is 53.6 Å². The number of fused-ring (bicyclic) bond motifs is 1. The topological polar surface area (TPSA) is 115 Å². The molecule has 0 saturated carbocycles. The van der Waals surface area contributed by atoms with Crippen molar-refractivity contribution in [2.24, 2.45) is 0 Å². The van der Waals surface area contributed by atoms with E-state index in [9.17, 15) is 9.59 Å². The van der Waals surface area contributed by atoms with E-state index in [2.05, 4.69) is 30.5 Å². The Labute approximate surface area is 230 Å². The van der Waals surface area contributed by atoms with Gasteiger partial charge in [0.05, 0.1) is 46.8 Å². The zero-order valence-corrected chi connectivity index (χ0v) is 22.2. The molecule has 1 aromatic carbocycles. The Balaban J connectivity index is 1.38. The van der Waals surface area contributed by atoms with Gasteiger partial charge in [0.15, 0.2) is 0 Å². The second-order valence-electron chi connectivity index (χ2n) is 9.92. The van der Waals surface area contributed by atoms with Gasteiger partial charge in [-0.2, -0.15) is 0 Å². The van der Waals surface area contributed by atoms with Crippen LogP contribution in [-0.2, 0) is 0 Å². The van der Waals surface area contributed by atoms with E-state index in [0.717, 1.165) is 44.7 Å². The van der Waals surface area contributed by atoms with E-state index in [4.69, 9.17) is 4.74 Å². The lowest BCUT2D eigenvalue weighted by Gasteiger charge is -2.29. The molecular formula is C29H30FN7O3. The third-order valence-electron chi connectivity index (χ3n) is 7.41. The van der Waals surface area contributed by atoms with Crippen molar-refractivity contribution in [1.82, 2.24) is 25.2 Å². The molecular weight excluding hydrogens is 513 g/mol. The molecule has 10 nitrogen and oxygen atoms in total. The molecule has 0 bridgehead atoms. The van der Waals surface area contributed by atoms with Crippen molar-refractivity contribution in [3.05, 3.63) is 70.5 Å². The van der Waals surface area contributed by atoms with Crippen LogP contribution in [0.5, 0.6) is 5.75 Å². The Hall–Kier alpha value is -4.51. The molecule has 2 fully saturated rings. The highest BCUT2D eigenvalue weighted by molar-refractivity contribution is 5.98. The summed E-state index contributed by atoms with van der Waals surface area (Å²) in [7, 11) is 1.45. The lowest BCUT2D eigenvalue weighted by Crippen LogP contribution is -2.43. The number of nitrogens with zero attached hydrogens (tertiary/aromatic N) is 4. The third-order valence-corrected chi connectivity index (χ3v) is 7.41. The summed E-state index contributed by atoms with van der Waals surface area (Å²) in [6.45, 7) is 4.93. The summed E-state index contributed by atoms with van der Waals surface area (Å²) in [4.78, 5) is 41.6. The minimum absolute atomic E-state index is 0.155. The highest BCUT2D eigenvalue weighted by atomic mass is 19.1. The fraction of sp³-hybridized carbons (Fsp3) is 0.310. The van der Waals surface area contributed by atoms with Crippen molar-refractivity contribution in [2.75, 3.05) is 56.6 Å². The van der Waals surface area contributed by atoms with Crippen molar-refractivity contribution < 1.29 is 13.9 Å². The number of piperazine rings is 1. The molecule has 0 atom stereocenters. The number of carbonyl (C=O) groups excluding carboxylic acids is 1. The van der Waals surface area contributed by atoms with E-state index in [-0.39, 0.29) is 34.0 Å². The number of pyridine rings is 3. The largest absolute Gasteiger partial charge is 0.496 e. The van der Waals surface area contributed by atoms with Gasteiger partial charge < -0.3 is 30.2 Å². The number of aromatic nitrogens is 3. The van der Waals surface area contributed by atoms with Crippen LogP contribution < -0.4 is 25.8 Å². The number of anilines is 3. The average molecular weight is 544 g/mol. The first-order valence-electron chi connectivity index (χ1n) is 13.4. The Morgan fingerprint density at radius 3 is 2.60 bits per heavy atom. The molecule has 3 N–H and O–H groups in total. The molecule has 3 aromatic heterocycles. The maximum absolute atomic E-state index is 15.6. The second kappa shape index (κ2) is 10.9. The second-order valence-corrected chi connectivity index (χ2v) is 9.92. The lowest BCUT2D eigenvalue weighted by atomic mass is 10.0. The average Bonchev–Trinajstić information content (AvgIpc) is 3.53. The van der Waals surface area contributed by atoms with Crippen molar-refractivity contribution in [3.8, 4) is 17.0 Å². The number of hydrogen-bond donors (Lipinski definition) is 3. The zero-order chi connectivity index (χ0) is 27.6. The fourth-order valence-electron chi connectivity index (χ4n) is 5.31. The number of benzene rings is 1. The highest BCUT2D eigenvalue weighted by Crippen LogP contribution is 2.34. The molecule has 2 aliphatic rings. The molecule has 5 heterocycles. The molecule has 40 heavy (non-hydrogen) atoms. The number of carbonyl (C=O) groups is 1. The predicted octanol–water partition coefficient (Wildman–Crippen LogP) is 3.52. The summed E-state index contributed by atoms with van der Waals surface area (Å²) in [6.07, 6.45) is 5.15. The van der Waals surface area contributed by atoms with Crippen LogP contribution in [0.2, 0.25) is 0 Å². The molecule has 11 heteroatoms. The fourth-order valence-corrected chi connectivity index (χ4v) is 5.31. The normalized spacial score (nSPS) is 15.4. The van der Waals surface area contributed by atoms with Crippen LogP contribution in [0.4, 0.5) is 21.6 Å². The van der Waals surface area contributed by atoms with Gasteiger partial charge in [0.25, 0.3) is 11.5 Å². The number of H-pyrrole nitrogens is 1. The number of hydrogen-bond acceptors (Lipinski definition) is 8. The maximum Gasteiger partial charge on any atom is 0.259 e. The predicted molar refractivity (Wildman–Crippen MR) is 152 cm³/mol. The van der Waals surface area contributed by atoms with E-state index in [0.29, 0.717) is 35.5 Å². The van der Waals surface area contributed by atoms with E-state index in [1.807, 2.05) is 12.1 Å². The molecule has 2 saturated heterocycles. The molecule has 2 aliphatic heterocycles. The first kappa shape index (κ1) is 25.8. The Bertz CT molecular complexity index is 1610. The van der Waals surface area contributed by atoms with Gasteiger partial charge >= 0.3 is 0 Å². The van der Waals surface area contributed by atoms with Crippen LogP contribution >= 0.6 is 0 Å². The first-order chi connectivity index (χ1) is 19.5. The van der Waals surface area contributed by atoms with Gasteiger partial charge in [0.2, 0.25) is 0 Å². The number of aromatic amines is 1. The smallest absolute Gasteiger partial charge is 0.259 e. The van der Waals surface area contributed by atoms with Gasteiger partial charge in [0.1, 0.15) is 17.4 Å².